The first-order chi connectivity index (χ1) is 12.0. The lowest BCUT2D eigenvalue weighted by Gasteiger charge is -2.32. The van der Waals surface area contributed by atoms with E-state index < -0.39 is 0 Å². The number of nitrogens with zero attached hydrogens (tertiary/aromatic N) is 3. The number of piperidine rings is 1. The van der Waals surface area contributed by atoms with E-state index in [1.54, 1.807) is 25.3 Å². The Morgan fingerprint density at radius 1 is 1.44 bits per heavy atom. The maximum Gasteiger partial charge on any atom is 0.170 e. The first-order valence-corrected chi connectivity index (χ1v) is 8.95. The minimum atomic E-state index is -0.0295. The van der Waals surface area contributed by atoms with E-state index in [-0.39, 0.29) is 11.7 Å². The minimum absolute atomic E-state index is 0.0295. The van der Waals surface area contributed by atoms with Crippen molar-refractivity contribution in [2.45, 2.75) is 26.3 Å². The molecule has 3 rings (SSSR count). The summed E-state index contributed by atoms with van der Waals surface area (Å²) in [6, 6.07) is 5.22. The Bertz CT molecular complexity index is 772. The van der Waals surface area contributed by atoms with Crippen molar-refractivity contribution in [2.75, 3.05) is 20.2 Å². The molecule has 0 amide bonds. The van der Waals surface area contributed by atoms with Crippen molar-refractivity contribution in [3.8, 4) is 5.75 Å². The van der Waals surface area contributed by atoms with Crippen LogP contribution in [0.25, 0.3) is 0 Å². The molecule has 0 saturated carbocycles. The number of carbonyl (C=O) groups excluding carboxylic acids is 1. The standard InChI is InChI=1S/C19H24ClN3O2/c1-13-15(10-21-22(13)2)12-23-8-4-5-14(11-23)19(24)17-9-16(20)6-7-18(17)25-3/h6-7,9-10,14H,4-5,8,11-12H2,1-3H3/t14-/m1/s1. The molecule has 1 aliphatic heterocycles. The van der Waals surface area contributed by atoms with Gasteiger partial charge in [-0.2, -0.15) is 5.10 Å². The maximum absolute atomic E-state index is 13.0. The number of carbonyl (C=O) groups is 1. The summed E-state index contributed by atoms with van der Waals surface area (Å²) in [7, 11) is 3.53. The van der Waals surface area contributed by atoms with Crippen LogP contribution in [0, 0.1) is 12.8 Å². The van der Waals surface area contributed by atoms with E-state index in [9.17, 15) is 4.79 Å². The molecule has 1 aromatic carbocycles. The molecule has 0 aliphatic carbocycles. The number of halogens is 1. The Labute approximate surface area is 153 Å². The molecule has 25 heavy (non-hydrogen) atoms. The molecule has 0 spiro atoms. The van der Waals surface area contributed by atoms with E-state index in [1.165, 1.54) is 11.3 Å². The van der Waals surface area contributed by atoms with Gasteiger partial charge in [-0.15, -0.1) is 0 Å². The molecule has 0 bridgehead atoms. The zero-order valence-electron chi connectivity index (χ0n) is 15.0. The van der Waals surface area contributed by atoms with E-state index >= 15 is 0 Å². The Morgan fingerprint density at radius 2 is 2.24 bits per heavy atom. The molecule has 0 radical (unpaired) electrons. The molecular weight excluding hydrogens is 338 g/mol. The number of methoxy groups -OCH3 is 1. The number of hydrogen-bond donors (Lipinski definition) is 0. The highest BCUT2D eigenvalue weighted by Crippen LogP contribution is 2.29. The third-order valence-corrected chi connectivity index (χ3v) is 5.27. The fourth-order valence-electron chi connectivity index (χ4n) is 3.45. The zero-order chi connectivity index (χ0) is 18.0. The number of likely N-dealkylation sites (tertiary alicyclic amines) is 1. The zero-order valence-corrected chi connectivity index (χ0v) is 15.7. The van der Waals surface area contributed by atoms with Gasteiger partial charge in [-0.25, -0.2) is 0 Å². The number of ketones is 1. The van der Waals surface area contributed by atoms with E-state index in [0.717, 1.165) is 32.5 Å². The predicted octanol–water partition coefficient (Wildman–Crippen LogP) is 3.49. The van der Waals surface area contributed by atoms with Crippen LogP contribution < -0.4 is 4.74 Å². The van der Waals surface area contributed by atoms with E-state index in [1.807, 2.05) is 17.9 Å². The van der Waals surface area contributed by atoms with Gasteiger partial charge in [0.2, 0.25) is 0 Å². The van der Waals surface area contributed by atoms with Gasteiger partial charge in [-0.1, -0.05) is 11.6 Å². The third kappa shape index (κ3) is 3.88. The average molecular weight is 362 g/mol. The first-order valence-electron chi connectivity index (χ1n) is 8.57. The fraction of sp³-hybridized carbons (Fsp3) is 0.474. The highest BCUT2D eigenvalue weighted by Gasteiger charge is 2.28. The number of rotatable bonds is 5. The largest absolute Gasteiger partial charge is 0.496 e. The molecule has 1 fully saturated rings. The third-order valence-electron chi connectivity index (χ3n) is 5.03. The fourth-order valence-corrected chi connectivity index (χ4v) is 3.62. The van der Waals surface area contributed by atoms with Crippen molar-refractivity contribution < 1.29 is 9.53 Å². The summed E-state index contributed by atoms with van der Waals surface area (Å²) in [5.41, 5.74) is 2.97. The molecule has 6 heteroatoms. The molecule has 1 aromatic heterocycles. The molecule has 134 valence electrons. The van der Waals surface area contributed by atoms with Crippen molar-refractivity contribution in [3.63, 3.8) is 0 Å². The van der Waals surface area contributed by atoms with Crippen LogP contribution in [-0.2, 0) is 13.6 Å². The number of benzene rings is 1. The van der Waals surface area contributed by atoms with Crippen LogP contribution in [-0.4, -0.2) is 40.7 Å². The normalized spacial score (nSPS) is 18.3. The topological polar surface area (TPSA) is 47.4 Å². The van der Waals surface area contributed by atoms with Gasteiger partial charge in [0, 0.05) is 42.3 Å². The predicted molar refractivity (Wildman–Crippen MR) is 98.3 cm³/mol. The van der Waals surface area contributed by atoms with Gasteiger partial charge in [0.1, 0.15) is 5.75 Å². The van der Waals surface area contributed by atoms with Crippen molar-refractivity contribution in [2.24, 2.45) is 13.0 Å². The van der Waals surface area contributed by atoms with Gasteiger partial charge in [0.15, 0.2) is 5.78 Å². The summed E-state index contributed by atoms with van der Waals surface area (Å²) in [6.07, 6.45) is 3.83. The first kappa shape index (κ1) is 18.0. The quantitative estimate of drug-likeness (QED) is 0.765. The molecule has 0 unspecified atom stereocenters. The molecule has 1 saturated heterocycles. The van der Waals surface area contributed by atoms with Crippen LogP contribution >= 0.6 is 11.6 Å². The smallest absolute Gasteiger partial charge is 0.170 e. The van der Waals surface area contributed by atoms with Gasteiger partial charge < -0.3 is 4.74 Å². The highest BCUT2D eigenvalue weighted by molar-refractivity contribution is 6.31. The number of aryl methyl sites for hydroxylation is 1. The Hall–Kier alpha value is -1.85. The summed E-state index contributed by atoms with van der Waals surface area (Å²) in [4.78, 5) is 15.4. The molecule has 5 nitrogen and oxygen atoms in total. The summed E-state index contributed by atoms with van der Waals surface area (Å²) in [5, 5.41) is 4.87. The summed E-state index contributed by atoms with van der Waals surface area (Å²) >= 11 is 6.09. The van der Waals surface area contributed by atoms with E-state index in [2.05, 4.69) is 16.9 Å². The second kappa shape index (κ2) is 7.58. The van der Waals surface area contributed by atoms with Gasteiger partial charge >= 0.3 is 0 Å². The van der Waals surface area contributed by atoms with E-state index in [0.29, 0.717) is 16.3 Å². The van der Waals surface area contributed by atoms with Crippen molar-refractivity contribution in [1.29, 1.82) is 0 Å². The highest BCUT2D eigenvalue weighted by atomic mass is 35.5. The lowest BCUT2D eigenvalue weighted by molar-refractivity contribution is 0.0808. The van der Waals surface area contributed by atoms with Gasteiger partial charge in [0.05, 0.1) is 18.9 Å². The van der Waals surface area contributed by atoms with Crippen LogP contribution in [0.4, 0.5) is 0 Å². The molecular formula is C19H24ClN3O2. The Balaban J connectivity index is 1.74. The molecule has 0 N–H and O–H groups in total. The van der Waals surface area contributed by atoms with Gasteiger partial charge in [-0.3, -0.25) is 14.4 Å². The number of aromatic nitrogens is 2. The maximum atomic E-state index is 13.0. The number of Topliss-reactive ketones (excluding diaryl/α,β-unsaturated/α-hetero) is 1. The molecule has 1 aliphatic rings. The van der Waals surface area contributed by atoms with Crippen LogP contribution in [0.2, 0.25) is 5.02 Å². The van der Waals surface area contributed by atoms with Crippen molar-refractivity contribution in [1.82, 2.24) is 14.7 Å². The van der Waals surface area contributed by atoms with Crippen molar-refractivity contribution >= 4 is 17.4 Å². The number of ether oxygens (including phenoxy) is 1. The van der Waals surface area contributed by atoms with Gasteiger partial charge in [0.25, 0.3) is 0 Å². The molecule has 1 atom stereocenters. The lowest BCUT2D eigenvalue weighted by atomic mass is 9.89. The molecule has 2 aromatic rings. The van der Waals surface area contributed by atoms with Gasteiger partial charge in [-0.05, 0) is 44.5 Å². The second-order valence-electron chi connectivity index (χ2n) is 6.66. The van der Waals surface area contributed by atoms with Crippen molar-refractivity contribution in [3.05, 3.63) is 46.2 Å². The molecule has 2 heterocycles. The summed E-state index contributed by atoms with van der Waals surface area (Å²) in [5.74, 6) is 0.680. The second-order valence-corrected chi connectivity index (χ2v) is 7.10. The lowest BCUT2D eigenvalue weighted by Crippen LogP contribution is -2.38. The van der Waals surface area contributed by atoms with Crippen LogP contribution in [0.3, 0.4) is 0 Å². The number of hydrogen-bond acceptors (Lipinski definition) is 4. The monoisotopic (exact) mass is 361 g/mol. The SMILES string of the molecule is COc1ccc(Cl)cc1C(=O)[C@@H]1CCCN(Cc2cnn(C)c2C)C1. The van der Waals surface area contributed by atoms with Crippen LogP contribution in [0.15, 0.2) is 24.4 Å². The Morgan fingerprint density at radius 3 is 2.92 bits per heavy atom. The summed E-state index contributed by atoms with van der Waals surface area (Å²) < 4.78 is 7.24. The van der Waals surface area contributed by atoms with E-state index in [4.69, 9.17) is 16.3 Å². The van der Waals surface area contributed by atoms with Crippen LogP contribution in [0.5, 0.6) is 5.75 Å². The average Bonchev–Trinajstić information content (AvgIpc) is 2.93. The minimum Gasteiger partial charge on any atom is -0.496 e. The van der Waals surface area contributed by atoms with Crippen LogP contribution in [0.1, 0.15) is 34.5 Å². The Kier molecular flexibility index (Phi) is 5.45. The summed E-state index contributed by atoms with van der Waals surface area (Å²) in [6.45, 7) is 4.66.